The van der Waals surface area contributed by atoms with Crippen molar-refractivity contribution in [1.82, 2.24) is 0 Å². The zero-order valence-electron chi connectivity index (χ0n) is 20.2. The molecule has 3 nitrogen and oxygen atoms in total. The molecule has 31 heavy (non-hydrogen) atoms. The molecule has 0 saturated heterocycles. The van der Waals surface area contributed by atoms with E-state index in [4.69, 9.17) is 4.74 Å². The topological polar surface area (TPSA) is 49.7 Å². The summed E-state index contributed by atoms with van der Waals surface area (Å²) >= 11 is 0. The zero-order valence-corrected chi connectivity index (χ0v) is 20.2. The van der Waals surface area contributed by atoms with Gasteiger partial charge in [0.05, 0.1) is 24.4 Å². The molecule has 0 radical (unpaired) electrons. The Hall–Kier alpha value is -0.900. The summed E-state index contributed by atoms with van der Waals surface area (Å²) in [6.45, 7) is 9.53. The van der Waals surface area contributed by atoms with Gasteiger partial charge in [-0.1, -0.05) is 56.1 Å². The highest BCUT2D eigenvalue weighted by atomic mass is 16.5. The van der Waals surface area contributed by atoms with Gasteiger partial charge in [-0.3, -0.25) is 0 Å². The van der Waals surface area contributed by atoms with Crippen LogP contribution in [-0.4, -0.2) is 34.6 Å². The summed E-state index contributed by atoms with van der Waals surface area (Å²) in [4.78, 5) is 0. The average molecular weight is 429 g/mol. The molecule has 6 atom stereocenters. The van der Waals surface area contributed by atoms with Gasteiger partial charge in [0.15, 0.2) is 0 Å². The summed E-state index contributed by atoms with van der Waals surface area (Å²) in [5.74, 6) is 2.24. The Morgan fingerprint density at radius 3 is 2.84 bits per heavy atom. The minimum absolute atomic E-state index is 0.102. The second kappa shape index (κ2) is 9.15. The third-order valence-electron chi connectivity index (χ3n) is 8.98. The molecule has 2 N–H and O–H groups in total. The smallest absolute Gasteiger partial charge is 0.0852 e. The molecular formula is C28H44O3. The lowest BCUT2D eigenvalue weighted by Crippen LogP contribution is -2.36. The number of ether oxygens (including phenoxy) is 1. The lowest BCUT2D eigenvalue weighted by molar-refractivity contribution is 0.0596. The van der Waals surface area contributed by atoms with Crippen LogP contribution in [0.15, 0.2) is 34.9 Å². The van der Waals surface area contributed by atoms with E-state index in [0.717, 1.165) is 43.1 Å². The van der Waals surface area contributed by atoms with E-state index in [1.165, 1.54) is 44.1 Å². The van der Waals surface area contributed by atoms with E-state index in [9.17, 15) is 10.2 Å². The van der Waals surface area contributed by atoms with E-state index in [1.807, 2.05) is 13.8 Å². The van der Waals surface area contributed by atoms with Crippen LogP contribution in [0.5, 0.6) is 0 Å². The molecule has 0 bridgehead atoms. The molecular weight excluding hydrogens is 384 g/mol. The van der Waals surface area contributed by atoms with Crippen molar-refractivity contribution >= 4 is 0 Å². The van der Waals surface area contributed by atoms with Gasteiger partial charge < -0.3 is 14.9 Å². The van der Waals surface area contributed by atoms with Crippen LogP contribution in [0.25, 0.3) is 0 Å². The molecule has 1 heterocycles. The highest BCUT2D eigenvalue weighted by Crippen LogP contribution is 2.60. The van der Waals surface area contributed by atoms with Crippen LogP contribution < -0.4 is 0 Å². The highest BCUT2D eigenvalue weighted by molar-refractivity contribution is 5.32. The van der Waals surface area contributed by atoms with E-state index >= 15 is 0 Å². The highest BCUT2D eigenvalue weighted by Gasteiger charge is 2.50. The molecule has 4 rings (SSSR count). The molecule has 0 amide bonds. The summed E-state index contributed by atoms with van der Waals surface area (Å²) < 4.78 is 5.80. The van der Waals surface area contributed by atoms with E-state index in [0.29, 0.717) is 17.9 Å². The van der Waals surface area contributed by atoms with Gasteiger partial charge in [-0.05, 0) is 94.0 Å². The molecule has 3 fully saturated rings. The van der Waals surface area contributed by atoms with Gasteiger partial charge in [0.2, 0.25) is 0 Å². The zero-order chi connectivity index (χ0) is 22.2. The molecule has 0 spiro atoms. The molecule has 4 aliphatic rings. The average Bonchev–Trinajstić information content (AvgIpc) is 3.29. The Morgan fingerprint density at radius 2 is 2.06 bits per heavy atom. The van der Waals surface area contributed by atoms with E-state index in [1.54, 1.807) is 5.57 Å². The molecule has 0 aromatic heterocycles. The number of hydrogen-bond donors (Lipinski definition) is 2. The standard InChI is InChI=1S/C28H44O3/c1-19(7-5-14-27(2,3)30)23-11-12-24-21(8-6-15-28(23,24)4)10-9-20-17-25(29)22-13-16-31-26(22)18-20/h9-10,13,19,23-26,29-30H,5-8,11-12,14-18H2,1-4H3/b20-9-,21-10+/t19-,23-,24+,25-,26-,28-/m1/s1. The summed E-state index contributed by atoms with van der Waals surface area (Å²) in [6.07, 6.45) is 18.1. The summed E-state index contributed by atoms with van der Waals surface area (Å²) in [5.41, 5.74) is 3.98. The second-order valence-electron chi connectivity index (χ2n) is 11.8. The number of fused-ring (bicyclic) bond motifs is 2. The lowest BCUT2D eigenvalue weighted by Gasteiger charge is -2.44. The van der Waals surface area contributed by atoms with Gasteiger partial charge >= 0.3 is 0 Å². The lowest BCUT2D eigenvalue weighted by atomic mass is 9.60. The number of hydrogen-bond acceptors (Lipinski definition) is 3. The normalized spacial score (nSPS) is 39.5. The summed E-state index contributed by atoms with van der Waals surface area (Å²) in [6, 6.07) is 0. The molecule has 3 saturated carbocycles. The van der Waals surface area contributed by atoms with Gasteiger partial charge in [-0.15, -0.1) is 0 Å². The van der Waals surface area contributed by atoms with Crippen molar-refractivity contribution in [2.24, 2.45) is 23.2 Å². The quantitative estimate of drug-likeness (QED) is 0.502. The van der Waals surface area contributed by atoms with Gasteiger partial charge in [-0.2, -0.15) is 0 Å². The third kappa shape index (κ3) is 5.04. The third-order valence-corrected chi connectivity index (χ3v) is 8.98. The number of aliphatic hydroxyl groups is 2. The van der Waals surface area contributed by atoms with Crippen LogP contribution in [0.4, 0.5) is 0 Å². The van der Waals surface area contributed by atoms with Gasteiger partial charge in [-0.25, -0.2) is 0 Å². The van der Waals surface area contributed by atoms with Crippen molar-refractivity contribution in [3.63, 3.8) is 0 Å². The van der Waals surface area contributed by atoms with Crippen LogP contribution in [0.1, 0.15) is 91.9 Å². The molecule has 3 heteroatoms. The first-order valence-electron chi connectivity index (χ1n) is 12.8. The Labute approximate surface area is 189 Å². The number of aliphatic hydroxyl groups excluding tert-OH is 1. The fourth-order valence-corrected chi connectivity index (χ4v) is 7.34. The molecule has 174 valence electrons. The molecule has 3 aliphatic carbocycles. The largest absolute Gasteiger partial charge is 0.390 e. The molecule has 1 aliphatic heterocycles. The minimum Gasteiger partial charge on any atom is -0.390 e. The van der Waals surface area contributed by atoms with Crippen molar-refractivity contribution < 1.29 is 14.9 Å². The summed E-state index contributed by atoms with van der Waals surface area (Å²) in [5, 5.41) is 20.5. The van der Waals surface area contributed by atoms with Gasteiger partial charge in [0.25, 0.3) is 0 Å². The van der Waals surface area contributed by atoms with Crippen molar-refractivity contribution in [2.75, 3.05) is 6.61 Å². The van der Waals surface area contributed by atoms with Crippen molar-refractivity contribution in [3.8, 4) is 0 Å². The predicted octanol–water partition coefficient (Wildman–Crippen LogP) is 6.11. The maximum atomic E-state index is 10.5. The maximum absolute atomic E-state index is 10.5. The fourth-order valence-electron chi connectivity index (χ4n) is 7.34. The van der Waals surface area contributed by atoms with E-state index in [-0.39, 0.29) is 12.2 Å². The minimum atomic E-state index is -0.539. The van der Waals surface area contributed by atoms with Crippen molar-refractivity contribution in [2.45, 2.75) is 110 Å². The van der Waals surface area contributed by atoms with E-state index in [2.05, 4.69) is 32.1 Å². The molecule has 0 aromatic rings. The number of allylic oxidation sites excluding steroid dienone is 3. The van der Waals surface area contributed by atoms with Gasteiger partial charge in [0, 0.05) is 0 Å². The number of rotatable bonds is 6. The molecule has 0 aromatic carbocycles. The maximum Gasteiger partial charge on any atom is 0.0852 e. The van der Waals surface area contributed by atoms with Crippen molar-refractivity contribution in [1.29, 1.82) is 0 Å². The first-order chi connectivity index (χ1) is 14.7. The van der Waals surface area contributed by atoms with Gasteiger partial charge in [0.1, 0.15) is 0 Å². The summed E-state index contributed by atoms with van der Waals surface area (Å²) in [7, 11) is 0. The first-order valence-corrected chi connectivity index (χ1v) is 12.8. The van der Waals surface area contributed by atoms with E-state index < -0.39 is 5.60 Å². The van der Waals surface area contributed by atoms with Crippen LogP contribution in [0.3, 0.4) is 0 Å². The fraction of sp³-hybridized carbons (Fsp3) is 0.786. The Kier molecular flexibility index (Phi) is 6.87. The van der Waals surface area contributed by atoms with Crippen LogP contribution in [-0.2, 0) is 4.74 Å². The predicted molar refractivity (Wildman–Crippen MR) is 127 cm³/mol. The molecule has 0 unspecified atom stereocenters. The first kappa shape index (κ1) is 23.3. The SMILES string of the molecule is C[C@H](CCCC(C)(C)O)[C@H]1CC[C@H]2/C(=C/C=C3/C[C@@H](O)C4=CCO[C@@H]4C3)CCC[C@]12C. The monoisotopic (exact) mass is 428 g/mol. The Bertz CT molecular complexity index is 740. The second-order valence-corrected chi connectivity index (χ2v) is 11.8. The van der Waals surface area contributed by atoms with Crippen LogP contribution in [0.2, 0.25) is 0 Å². The van der Waals surface area contributed by atoms with Crippen LogP contribution in [0, 0.1) is 23.2 Å². The Morgan fingerprint density at radius 1 is 1.26 bits per heavy atom. The van der Waals surface area contributed by atoms with Crippen LogP contribution >= 0.6 is 0 Å². The Balaban J connectivity index is 1.42. The van der Waals surface area contributed by atoms with Crippen molar-refractivity contribution in [3.05, 3.63) is 34.9 Å².